The summed E-state index contributed by atoms with van der Waals surface area (Å²) in [6.45, 7) is 13.4. The molecule has 0 radical (unpaired) electrons. The molecule has 0 aromatic heterocycles. The molecule has 37 heavy (non-hydrogen) atoms. The molecule has 0 aromatic carbocycles. The van der Waals surface area contributed by atoms with Gasteiger partial charge in [0.25, 0.3) is 0 Å². The highest BCUT2D eigenvalue weighted by molar-refractivity contribution is 6.01. The van der Waals surface area contributed by atoms with Crippen LogP contribution in [-0.2, 0) is 19.2 Å². The first-order chi connectivity index (χ1) is 16.9. The van der Waals surface area contributed by atoms with Gasteiger partial charge in [-0.25, -0.2) is 0 Å². The summed E-state index contributed by atoms with van der Waals surface area (Å²) in [5.74, 6) is -2.17. The van der Waals surface area contributed by atoms with E-state index in [1.165, 1.54) is 6.92 Å². The van der Waals surface area contributed by atoms with Crippen LogP contribution in [0, 0.1) is 45.3 Å². The number of aliphatic hydroxyl groups is 2. The first kappa shape index (κ1) is 28.2. The summed E-state index contributed by atoms with van der Waals surface area (Å²) in [6, 6.07) is 0. The minimum atomic E-state index is -1.00. The molecule has 0 bridgehead atoms. The van der Waals surface area contributed by atoms with Crippen molar-refractivity contribution in [2.45, 2.75) is 106 Å². The zero-order valence-corrected chi connectivity index (χ0v) is 23.4. The van der Waals surface area contributed by atoms with Crippen LogP contribution >= 0.6 is 0 Å². The summed E-state index contributed by atoms with van der Waals surface area (Å²) in [4.78, 5) is 50.8. The first-order valence-corrected chi connectivity index (χ1v) is 13.8. The normalized spacial score (nSPS) is 42.5. The fraction of sp³-hybridized carbons (Fsp3) is 0.800. The third-order valence-corrected chi connectivity index (χ3v) is 11.6. The molecule has 0 amide bonds. The molecule has 4 aliphatic carbocycles. The van der Waals surface area contributed by atoms with E-state index in [-0.39, 0.29) is 54.4 Å². The predicted octanol–water partition coefficient (Wildman–Crippen LogP) is 4.13. The van der Waals surface area contributed by atoms with E-state index in [1.54, 1.807) is 0 Å². The van der Waals surface area contributed by atoms with Gasteiger partial charge >= 0.3 is 5.97 Å². The van der Waals surface area contributed by atoms with Crippen LogP contribution in [-0.4, -0.2) is 50.8 Å². The molecule has 9 atom stereocenters. The molecule has 4 aliphatic rings. The minimum Gasteiger partial charge on any atom is -0.481 e. The summed E-state index contributed by atoms with van der Waals surface area (Å²) in [7, 11) is 0. The number of carbonyl (C=O) groups is 4. The third-order valence-electron chi connectivity index (χ3n) is 11.6. The maximum atomic E-state index is 14.1. The lowest BCUT2D eigenvalue weighted by molar-refractivity contribution is -0.146. The number of fused-ring (bicyclic) bond motifs is 4. The molecule has 3 N–H and O–H groups in total. The summed E-state index contributed by atoms with van der Waals surface area (Å²) in [5, 5.41) is 32.4. The Balaban J connectivity index is 1.74. The number of aliphatic hydroxyl groups excluding tert-OH is 2. The second kappa shape index (κ2) is 8.84. The quantitative estimate of drug-likeness (QED) is 0.484. The molecule has 0 spiro atoms. The van der Waals surface area contributed by atoms with Crippen molar-refractivity contribution in [3.8, 4) is 0 Å². The number of rotatable bonds is 6. The van der Waals surface area contributed by atoms with Gasteiger partial charge < -0.3 is 15.3 Å². The summed E-state index contributed by atoms with van der Waals surface area (Å²) >= 11 is 0. The summed E-state index contributed by atoms with van der Waals surface area (Å²) < 4.78 is 0. The lowest BCUT2D eigenvalue weighted by Crippen LogP contribution is -2.60. The zero-order chi connectivity index (χ0) is 27.9. The summed E-state index contributed by atoms with van der Waals surface area (Å²) in [6.07, 6.45) is 0.421. The number of hydrogen-bond acceptors (Lipinski definition) is 6. The van der Waals surface area contributed by atoms with Crippen molar-refractivity contribution < 1.29 is 34.5 Å². The molecule has 206 valence electrons. The molecule has 0 aliphatic heterocycles. The molecule has 4 rings (SSSR count). The van der Waals surface area contributed by atoms with Crippen molar-refractivity contribution in [3.63, 3.8) is 0 Å². The van der Waals surface area contributed by atoms with Gasteiger partial charge in [0.1, 0.15) is 11.6 Å². The highest BCUT2D eigenvalue weighted by Crippen LogP contribution is 2.71. The van der Waals surface area contributed by atoms with Crippen LogP contribution in [0.3, 0.4) is 0 Å². The maximum absolute atomic E-state index is 14.1. The first-order valence-electron chi connectivity index (χ1n) is 13.8. The van der Waals surface area contributed by atoms with E-state index < -0.39 is 45.8 Å². The fourth-order valence-corrected chi connectivity index (χ4v) is 9.20. The predicted molar refractivity (Wildman–Crippen MR) is 137 cm³/mol. The Morgan fingerprint density at radius 3 is 2.22 bits per heavy atom. The SMILES string of the molecule is C[C@H](CC(=O)C[C@@H](C)[C@H]1C[C@H](O)[C@@]2(C)C3=C(C(=O)C[C@]12C)[C@@]1(C)CCC(=O)C(C)(C)C1C[C@@H]3O)C(=O)O. The Morgan fingerprint density at radius 1 is 1.00 bits per heavy atom. The lowest BCUT2D eigenvalue weighted by Gasteiger charge is -2.61. The maximum Gasteiger partial charge on any atom is 0.306 e. The molecular formula is C30H44O7. The number of carboxylic acid groups (broad SMARTS) is 1. The molecule has 7 nitrogen and oxygen atoms in total. The van der Waals surface area contributed by atoms with E-state index in [4.69, 9.17) is 0 Å². The van der Waals surface area contributed by atoms with Gasteiger partial charge in [-0.3, -0.25) is 19.2 Å². The average molecular weight is 517 g/mol. The number of carboxylic acids is 1. The van der Waals surface area contributed by atoms with Crippen LogP contribution in [0.4, 0.5) is 0 Å². The molecular weight excluding hydrogens is 472 g/mol. The monoisotopic (exact) mass is 516 g/mol. The standard InChI is InChI=1S/C30H44O7/c1-15(10-17(31)11-16(2)26(36)37)18-12-23(35)30(7)25-19(32)13-21-27(3,4)22(34)8-9-28(21,5)24(25)20(33)14-29(18,30)6/h15-16,18-19,21,23,32,35H,8-14H2,1-7H3,(H,36,37)/t15-,16-,18-,19+,21?,23+,28+,29-,30+/m1/s1. The molecule has 0 saturated heterocycles. The highest BCUT2D eigenvalue weighted by Gasteiger charge is 2.70. The van der Waals surface area contributed by atoms with Gasteiger partial charge in [0.05, 0.1) is 18.1 Å². The van der Waals surface area contributed by atoms with Crippen molar-refractivity contribution >= 4 is 23.3 Å². The van der Waals surface area contributed by atoms with Crippen LogP contribution in [0.2, 0.25) is 0 Å². The fourth-order valence-electron chi connectivity index (χ4n) is 9.20. The van der Waals surface area contributed by atoms with Crippen LogP contribution < -0.4 is 0 Å². The Bertz CT molecular complexity index is 1070. The molecule has 0 heterocycles. The van der Waals surface area contributed by atoms with Crippen molar-refractivity contribution in [1.82, 2.24) is 0 Å². The Morgan fingerprint density at radius 2 is 1.62 bits per heavy atom. The van der Waals surface area contributed by atoms with E-state index in [2.05, 4.69) is 6.92 Å². The van der Waals surface area contributed by atoms with Gasteiger partial charge in [0.15, 0.2) is 5.78 Å². The molecule has 2 saturated carbocycles. The average Bonchev–Trinajstić information content (AvgIpc) is 2.99. The smallest absolute Gasteiger partial charge is 0.306 e. The molecule has 7 heteroatoms. The Labute approximate surface area is 220 Å². The number of hydrogen-bond donors (Lipinski definition) is 3. The van der Waals surface area contributed by atoms with Crippen molar-refractivity contribution in [2.75, 3.05) is 0 Å². The van der Waals surface area contributed by atoms with Crippen molar-refractivity contribution in [3.05, 3.63) is 11.1 Å². The number of aliphatic carboxylic acids is 1. The zero-order valence-electron chi connectivity index (χ0n) is 23.4. The van der Waals surface area contributed by atoms with Crippen LogP contribution in [0.5, 0.6) is 0 Å². The minimum absolute atomic E-state index is 0.0106. The Kier molecular flexibility index (Phi) is 6.72. The second-order valence-corrected chi connectivity index (χ2v) is 13.9. The van der Waals surface area contributed by atoms with Gasteiger partial charge in [-0.05, 0) is 48.0 Å². The van der Waals surface area contributed by atoms with Crippen molar-refractivity contribution in [2.24, 2.45) is 45.3 Å². The van der Waals surface area contributed by atoms with E-state index in [9.17, 15) is 34.5 Å². The lowest BCUT2D eigenvalue weighted by atomic mass is 9.42. The molecule has 2 fully saturated rings. The highest BCUT2D eigenvalue weighted by atomic mass is 16.4. The van der Waals surface area contributed by atoms with Gasteiger partial charge in [-0.15, -0.1) is 0 Å². The summed E-state index contributed by atoms with van der Waals surface area (Å²) in [5.41, 5.74) is -1.40. The van der Waals surface area contributed by atoms with Gasteiger partial charge in [-0.1, -0.05) is 48.5 Å². The van der Waals surface area contributed by atoms with E-state index in [0.29, 0.717) is 36.8 Å². The second-order valence-electron chi connectivity index (χ2n) is 13.9. The number of carbonyl (C=O) groups excluding carboxylic acids is 3. The van der Waals surface area contributed by atoms with Gasteiger partial charge in [0.2, 0.25) is 0 Å². The van der Waals surface area contributed by atoms with Gasteiger partial charge in [-0.2, -0.15) is 0 Å². The van der Waals surface area contributed by atoms with Crippen LogP contribution in [0.1, 0.15) is 93.4 Å². The third kappa shape index (κ3) is 3.82. The van der Waals surface area contributed by atoms with E-state index in [1.807, 2.05) is 34.6 Å². The largest absolute Gasteiger partial charge is 0.481 e. The number of Topliss-reactive ketones (excluding diaryl/α,β-unsaturated/α-hetero) is 3. The number of allylic oxidation sites excluding steroid dienone is 1. The van der Waals surface area contributed by atoms with Crippen molar-refractivity contribution in [1.29, 1.82) is 0 Å². The van der Waals surface area contributed by atoms with Crippen LogP contribution in [0.15, 0.2) is 11.1 Å². The molecule has 0 aromatic rings. The topological polar surface area (TPSA) is 129 Å². The van der Waals surface area contributed by atoms with E-state index in [0.717, 1.165) is 0 Å². The van der Waals surface area contributed by atoms with E-state index >= 15 is 0 Å². The number of ketones is 3. The van der Waals surface area contributed by atoms with Crippen LogP contribution in [0.25, 0.3) is 0 Å². The molecule has 1 unspecified atom stereocenters. The Hall–Kier alpha value is -1.86. The van der Waals surface area contributed by atoms with Gasteiger partial charge in [0, 0.05) is 47.5 Å².